The summed E-state index contributed by atoms with van der Waals surface area (Å²) < 4.78 is 1.53. The number of aromatic nitrogens is 4. The van der Waals surface area contributed by atoms with Gasteiger partial charge in [0.2, 0.25) is 5.95 Å². The maximum absolute atomic E-state index is 13.6. The molecule has 1 aliphatic rings. The van der Waals surface area contributed by atoms with Crippen LogP contribution in [0.3, 0.4) is 0 Å². The highest BCUT2D eigenvalue weighted by atomic mass is 16.2. The summed E-state index contributed by atoms with van der Waals surface area (Å²) in [5, 5.41) is 17.7. The molecule has 1 aromatic heterocycles. The molecule has 152 valence electrons. The van der Waals surface area contributed by atoms with E-state index in [1.54, 1.807) is 24.3 Å². The molecule has 8 heteroatoms. The summed E-state index contributed by atoms with van der Waals surface area (Å²) in [4.78, 5) is 26.7. The number of nitrogens with one attached hydrogen (secondary N) is 2. The zero-order valence-corrected chi connectivity index (χ0v) is 16.7. The fourth-order valence-corrected chi connectivity index (χ4v) is 3.38. The Morgan fingerprint density at radius 1 is 1.07 bits per heavy atom. The van der Waals surface area contributed by atoms with Gasteiger partial charge < -0.3 is 10.6 Å². The van der Waals surface area contributed by atoms with E-state index in [1.807, 2.05) is 50.2 Å². The zero-order chi connectivity index (χ0) is 21.1. The smallest absolute Gasteiger partial charge is 0.268 e. The fraction of sp³-hybridized carbons (Fsp3) is 0.227. The molecule has 2 N–H and O–H groups in total. The molecule has 1 atom stereocenters. The SMILES string of the molecule is CC(C)CNC(=O)C1=C(C(=O)c2ccccc2)C(c2ccccc2)n2nnnc2N1. The summed E-state index contributed by atoms with van der Waals surface area (Å²) in [6, 6.07) is 17.7. The van der Waals surface area contributed by atoms with Crippen LogP contribution in [-0.4, -0.2) is 38.4 Å². The van der Waals surface area contributed by atoms with Crippen LogP contribution in [0, 0.1) is 5.92 Å². The summed E-state index contributed by atoms with van der Waals surface area (Å²) in [6.45, 7) is 4.50. The second kappa shape index (κ2) is 8.28. The summed E-state index contributed by atoms with van der Waals surface area (Å²) in [7, 11) is 0. The fourth-order valence-electron chi connectivity index (χ4n) is 3.38. The third kappa shape index (κ3) is 3.71. The highest BCUT2D eigenvalue weighted by molar-refractivity contribution is 6.15. The number of carbonyl (C=O) groups is 2. The minimum atomic E-state index is -0.634. The van der Waals surface area contributed by atoms with Gasteiger partial charge in [-0.05, 0) is 21.9 Å². The first-order valence-electron chi connectivity index (χ1n) is 9.78. The lowest BCUT2D eigenvalue weighted by molar-refractivity contribution is -0.117. The van der Waals surface area contributed by atoms with Gasteiger partial charge in [-0.15, -0.1) is 0 Å². The number of hydrogen-bond donors (Lipinski definition) is 2. The molecule has 0 aliphatic carbocycles. The van der Waals surface area contributed by atoms with Crippen molar-refractivity contribution in [2.75, 3.05) is 11.9 Å². The minimum absolute atomic E-state index is 0.167. The van der Waals surface area contributed by atoms with Crippen molar-refractivity contribution in [3.8, 4) is 0 Å². The standard InChI is InChI=1S/C22H22N6O2/c1-14(2)13-23-21(30)18-17(20(29)16-11-7-4-8-12-16)19(15-9-5-3-6-10-15)28-22(24-18)25-26-27-28/h3-12,14,19H,13H2,1-2H3,(H,23,30)(H,24,25,27). The maximum atomic E-state index is 13.6. The Morgan fingerprint density at radius 2 is 1.73 bits per heavy atom. The Labute approximate surface area is 174 Å². The molecule has 0 radical (unpaired) electrons. The van der Waals surface area contributed by atoms with Crippen molar-refractivity contribution >= 4 is 17.6 Å². The number of fused-ring (bicyclic) bond motifs is 1. The van der Waals surface area contributed by atoms with Crippen LogP contribution in [0.25, 0.3) is 0 Å². The van der Waals surface area contributed by atoms with E-state index in [-0.39, 0.29) is 23.3 Å². The molecular formula is C22H22N6O2. The molecule has 0 bridgehead atoms. The number of carbonyl (C=O) groups excluding carboxylic acids is 2. The third-order valence-corrected chi connectivity index (χ3v) is 4.81. The van der Waals surface area contributed by atoms with Gasteiger partial charge in [0, 0.05) is 12.1 Å². The first-order chi connectivity index (χ1) is 14.6. The largest absolute Gasteiger partial charge is 0.351 e. The Bertz CT molecular complexity index is 1090. The molecule has 1 unspecified atom stereocenters. The number of tetrazole rings is 1. The molecular weight excluding hydrogens is 380 g/mol. The van der Waals surface area contributed by atoms with Gasteiger partial charge in [-0.25, -0.2) is 0 Å². The second-order valence-corrected chi connectivity index (χ2v) is 7.47. The molecule has 2 heterocycles. The van der Waals surface area contributed by atoms with E-state index in [1.165, 1.54) is 4.68 Å². The molecule has 0 spiro atoms. The van der Waals surface area contributed by atoms with E-state index in [4.69, 9.17) is 0 Å². The van der Waals surface area contributed by atoms with E-state index in [2.05, 4.69) is 26.2 Å². The van der Waals surface area contributed by atoms with Crippen molar-refractivity contribution in [1.29, 1.82) is 0 Å². The average molecular weight is 402 g/mol. The number of rotatable bonds is 6. The summed E-state index contributed by atoms with van der Waals surface area (Å²) in [5.74, 6) is -0.0456. The van der Waals surface area contributed by atoms with Gasteiger partial charge in [0.1, 0.15) is 11.7 Å². The Hall–Kier alpha value is -3.81. The van der Waals surface area contributed by atoms with Crippen molar-refractivity contribution in [2.24, 2.45) is 5.92 Å². The van der Waals surface area contributed by atoms with Crippen LogP contribution in [0.15, 0.2) is 71.9 Å². The van der Waals surface area contributed by atoms with E-state index in [9.17, 15) is 9.59 Å². The zero-order valence-electron chi connectivity index (χ0n) is 16.7. The number of benzene rings is 2. The monoisotopic (exact) mass is 402 g/mol. The topological polar surface area (TPSA) is 102 Å². The van der Waals surface area contributed by atoms with Crippen LogP contribution in [0.1, 0.15) is 35.8 Å². The number of amides is 1. The number of nitrogens with zero attached hydrogens (tertiary/aromatic N) is 4. The minimum Gasteiger partial charge on any atom is -0.351 e. The quantitative estimate of drug-likeness (QED) is 0.615. The van der Waals surface area contributed by atoms with Crippen molar-refractivity contribution in [3.05, 3.63) is 83.1 Å². The number of anilines is 1. The van der Waals surface area contributed by atoms with Gasteiger partial charge in [0.05, 0.1) is 5.57 Å². The Morgan fingerprint density at radius 3 is 2.40 bits per heavy atom. The highest BCUT2D eigenvalue weighted by Gasteiger charge is 2.37. The van der Waals surface area contributed by atoms with Gasteiger partial charge in [-0.3, -0.25) is 9.59 Å². The second-order valence-electron chi connectivity index (χ2n) is 7.47. The Balaban J connectivity index is 1.89. The predicted octanol–water partition coefficient (Wildman–Crippen LogP) is 2.60. The molecule has 8 nitrogen and oxygen atoms in total. The van der Waals surface area contributed by atoms with Gasteiger partial charge in [-0.2, -0.15) is 4.68 Å². The van der Waals surface area contributed by atoms with E-state index < -0.39 is 6.04 Å². The lowest BCUT2D eigenvalue weighted by atomic mass is 9.89. The molecule has 0 saturated heterocycles. The third-order valence-electron chi connectivity index (χ3n) is 4.81. The van der Waals surface area contributed by atoms with Crippen molar-refractivity contribution in [3.63, 3.8) is 0 Å². The maximum Gasteiger partial charge on any atom is 0.268 e. The van der Waals surface area contributed by atoms with Crippen LogP contribution < -0.4 is 10.6 Å². The van der Waals surface area contributed by atoms with E-state index in [0.29, 0.717) is 23.6 Å². The number of ketones is 1. The molecule has 4 rings (SSSR count). The normalized spacial score (nSPS) is 15.5. The lowest BCUT2D eigenvalue weighted by Crippen LogP contribution is -2.38. The van der Waals surface area contributed by atoms with Gasteiger partial charge in [-0.1, -0.05) is 79.6 Å². The van der Waals surface area contributed by atoms with E-state index in [0.717, 1.165) is 5.56 Å². The van der Waals surface area contributed by atoms with Crippen LogP contribution in [0.4, 0.5) is 5.95 Å². The predicted molar refractivity (Wildman–Crippen MR) is 112 cm³/mol. The van der Waals surface area contributed by atoms with Crippen LogP contribution >= 0.6 is 0 Å². The van der Waals surface area contributed by atoms with Crippen molar-refractivity contribution in [1.82, 2.24) is 25.5 Å². The molecule has 0 fully saturated rings. The van der Waals surface area contributed by atoms with Crippen LogP contribution in [-0.2, 0) is 4.79 Å². The Kier molecular flexibility index (Phi) is 5.38. The van der Waals surface area contributed by atoms with Crippen molar-refractivity contribution < 1.29 is 9.59 Å². The highest BCUT2D eigenvalue weighted by Crippen LogP contribution is 2.36. The van der Waals surface area contributed by atoms with Crippen LogP contribution in [0.2, 0.25) is 0 Å². The molecule has 0 saturated carbocycles. The number of Topliss-reactive ketones (excluding diaryl/α,β-unsaturated/α-hetero) is 1. The van der Waals surface area contributed by atoms with Gasteiger partial charge in [0.15, 0.2) is 5.78 Å². The molecule has 3 aromatic rings. The summed E-state index contributed by atoms with van der Waals surface area (Å²) in [5.41, 5.74) is 1.76. The van der Waals surface area contributed by atoms with Crippen molar-refractivity contribution in [2.45, 2.75) is 19.9 Å². The van der Waals surface area contributed by atoms with Gasteiger partial charge in [0.25, 0.3) is 5.91 Å². The molecule has 1 aliphatic heterocycles. The molecule has 30 heavy (non-hydrogen) atoms. The van der Waals surface area contributed by atoms with Crippen LogP contribution in [0.5, 0.6) is 0 Å². The first-order valence-corrected chi connectivity index (χ1v) is 9.78. The average Bonchev–Trinajstić information content (AvgIpc) is 3.25. The number of allylic oxidation sites excluding steroid dienone is 1. The molecule has 1 amide bonds. The number of hydrogen-bond acceptors (Lipinski definition) is 6. The summed E-state index contributed by atoms with van der Waals surface area (Å²) in [6.07, 6.45) is 0. The lowest BCUT2D eigenvalue weighted by Gasteiger charge is -2.28. The van der Waals surface area contributed by atoms with E-state index >= 15 is 0 Å². The summed E-state index contributed by atoms with van der Waals surface area (Å²) >= 11 is 0. The molecule has 2 aromatic carbocycles. The first kappa shape index (κ1) is 19.5. The van der Waals surface area contributed by atoms with Gasteiger partial charge >= 0.3 is 0 Å².